The van der Waals surface area contributed by atoms with E-state index in [9.17, 15) is 0 Å². The summed E-state index contributed by atoms with van der Waals surface area (Å²) in [4.78, 5) is 0. The first-order valence-corrected chi connectivity index (χ1v) is 7.31. The number of ether oxygens (including phenoxy) is 2. The van der Waals surface area contributed by atoms with Crippen LogP contribution in [0, 0.1) is 11.8 Å². The minimum Gasteiger partial charge on any atom is -0.378 e. The van der Waals surface area contributed by atoms with E-state index in [0.29, 0.717) is 12.2 Å². The minimum atomic E-state index is 0.588. The number of hydrogen-bond donors (Lipinski definition) is 0. The average Bonchev–Trinajstić information content (AvgIpc) is 2.64. The molecule has 102 valence electrons. The van der Waals surface area contributed by atoms with Crippen molar-refractivity contribution in [1.29, 1.82) is 0 Å². The third-order valence-electron chi connectivity index (χ3n) is 3.29. The van der Waals surface area contributed by atoms with Crippen LogP contribution in [-0.2, 0) is 9.47 Å². The van der Waals surface area contributed by atoms with Gasteiger partial charge in [-0.25, -0.2) is 0 Å². The second-order valence-corrected chi connectivity index (χ2v) is 6.18. The SMILES string of the molecule is CC(C)CC1CCCO1.CC(C)CC1CCO1. The molecule has 2 aliphatic heterocycles. The molecule has 17 heavy (non-hydrogen) atoms. The Morgan fingerprint density at radius 3 is 1.59 bits per heavy atom. The van der Waals surface area contributed by atoms with E-state index >= 15 is 0 Å². The van der Waals surface area contributed by atoms with Crippen molar-refractivity contribution in [2.45, 2.75) is 72.0 Å². The second kappa shape index (κ2) is 8.10. The van der Waals surface area contributed by atoms with Crippen molar-refractivity contribution in [3.63, 3.8) is 0 Å². The third-order valence-corrected chi connectivity index (χ3v) is 3.29. The summed E-state index contributed by atoms with van der Waals surface area (Å²) in [7, 11) is 0. The van der Waals surface area contributed by atoms with Gasteiger partial charge < -0.3 is 9.47 Å². The van der Waals surface area contributed by atoms with Gasteiger partial charge >= 0.3 is 0 Å². The van der Waals surface area contributed by atoms with Crippen LogP contribution < -0.4 is 0 Å². The molecule has 0 radical (unpaired) electrons. The first-order chi connectivity index (χ1) is 8.08. The highest BCUT2D eigenvalue weighted by Gasteiger charge is 2.18. The molecule has 2 heteroatoms. The minimum absolute atomic E-state index is 0.588. The zero-order valence-electron chi connectivity index (χ0n) is 12.1. The molecule has 0 amide bonds. The van der Waals surface area contributed by atoms with E-state index in [0.717, 1.165) is 25.0 Å². The molecule has 2 aliphatic rings. The molecule has 2 unspecified atom stereocenters. The summed E-state index contributed by atoms with van der Waals surface area (Å²) >= 11 is 0. The van der Waals surface area contributed by atoms with E-state index in [-0.39, 0.29) is 0 Å². The summed E-state index contributed by atoms with van der Waals surface area (Å²) in [6, 6.07) is 0. The maximum absolute atomic E-state index is 5.46. The van der Waals surface area contributed by atoms with Gasteiger partial charge in [0.05, 0.1) is 12.2 Å². The Morgan fingerprint density at radius 2 is 1.29 bits per heavy atom. The fourth-order valence-electron chi connectivity index (χ4n) is 2.35. The zero-order chi connectivity index (χ0) is 12.7. The monoisotopic (exact) mass is 242 g/mol. The van der Waals surface area contributed by atoms with Crippen LogP contribution in [0.15, 0.2) is 0 Å². The zero-order valence-corrected chi connectivity index (χ0v) is 12.1. The van der Waals surface area contributed by atoms with Crippen LogP contribution in [0.4, 0.5) is 0 Å². The first-order valence-electron chi connectivity index (χ1n) is 7.31. The van der Waals surface area contributed by atoms with Crippen LogP contribution in [0.5, 0.6) is 0 Å². The lowest BCUT2D eigenvalue weighted by Crippen LogP contribution is -2.27. The Balaban J connectivity index is 0.000000171. The highest BCUT2D eigenvalue weighted by Crippen LogP contribution is 2.19. The maximum atomic E-state index is 5.46. The van der Waals surface area contributed by atoms with Gasteiger partial charge in [0.25, 0.3) is 0 Å². The van der Waals surface area contributed by atoms with Gasteiger partial charge in [-0.2, -0.15) is 0 Å². The smallest absolute Gasteiger partial charge is 0.0599 e. The molecule has 2 nitrogen and oxygen atoms in total. The Hall–Kier alpha value is -0.0800. The Bertz CT molecular complexity index is 179. The molecular weight excluding hydrogens is 212 g/mol. The lowest BCUT2D eigenvalue weighted by molar-refractivity contribution is -0.0605. The fraction of sp³-hybridized carbons (Fsp3) is 1.00. The molecule has 2 atom stereocenters. The second-order valence-electron chi connectivity index (χ2n) is 6.18. The van der Waals surface area contributed by atoms with E-state index in [4.69, 9.17) is 9.47 Å². The molecule has 2 fully saturated rings. The van der Waals surface area contributed by atoms with Crippen LogP contribution >= 0.6 is 0 Å². The molecule has 0 aromatic carbocycles. The van der Waals surface area contributed by atoms with Crippen LogP contribution in [0.3, 0.4) is 0 Å². The van der Waals surface area contributed by atoms with Gasteiger partial charge in [-0.15, -0.1) is 0 Å². The van der Waals surface area contributed by atoms with E-state index in [1.807, 2.05) is 0 Å². The average molecular weight is 242 g/mol. The van der Waals surface area contributed by atoms with E-state index < -0.39 is 0 Å². The Morgan fingerprint density at radius 1 is 0.824 bits per heavy atom. The molecule has 2 saturated heterocycles. The van der Waals surface area contributed by atoms with E-state index in [2.05, 4.69) is 27.7 Å². The Labute approximate surface area is 107 Å². The van der Waals surface area contributed by atoms with Gasteiger partial charge in [-0.3, -0.25) is 0 Å². The summed E-state index contributed by atoms with van der Waals surface area (Å²) < 4.78 is 10.7. The van der Waals surface area contributed by atoms with Crippen LogP contribution in [0.1, 0.15) is 59.8 Å². The normalized spacial score (nSPS) is 27.9. The van der Waals surface area contributed by atoms with Crippen molar-refractivity contribution >= 4 is 0 Å². The van der Waals surface area contributed by atoms with Crippen molar-refractivity contribution in [3.8, 4) is 0 Å². The summed E-state index contributed by atoms with van der Waals surface area (Å²) in [6.07, 6.45) is 7.55. The summed E-state index contributed by atoms with van der Waals surface area (Å²) in [6.45, 7) is 11.0. The van der Waals surface area contributed by atoms with Crippen LogP contribution in [-0.4, -0.2) is 25.4 Å². The van der Waals surface area contributed by atoms with Crippen LogP contribution in [0.2, 0.25) is 0 Å². The molecule has 0 N–H and O–H groups in total. The van der Waals surface area contributed by atoms with Gasteiger partial charge in [0.15, 0.2) is 0 Å². The predicted molar refractivity (Wildman–Crippen MR) is 72.2 cm³/mol. The molecule has 0 saturated carbocycles. The Kier molecular flexibility index (Phi) is 7.14. The van der Waals surface area contributed by atoms with Crippen molar-refractivity contribution < 1.29 is 9.47 Å². The molecular formula is C15H30O2. The first kappa shape index (κ1) is 15.0. The highest BCUT2D eigenvalue weighted by atomic mass is 16.5. The summed E-state index contributed by atoms with van der Waals surface area (Å²) in [5.41, 5.74) is 0. The van der Waals surface area contributed by atoms with Crippen molar-refractivity contribution in [1.82, 2.24) is 0 Å². The molecule has 0 aromatic rings. The topological polar surface area (TPSA) is 18.5 Å². The molecule has 0 bridgehead atoms. The molecule has 0 aliphatic carbocycles. The van der Waals surface area contributed by atoms with E-state index in [1.165, 1.54) is 32.1 Å². The van der Waals surface area contributed by atoms with Gasteiger partial charge in [0.1, 0.15) is 0 Å². The maximum Gasteiger partial charge on any atom is 0.0599 e. The number of rotatable bonds is 4. The molecule has 2 heterocycles. The van der Waals surface area contributed by atoms with Crippen LogP contribution in [0.25, 0.3) is 0 Å². The highest BCUT2D eigenvalue weighted by molar-refractivity contribution is 4.67. The number of hydrogen-bond acceptors (Lipinski definition) is 2. The van der Waals surface area contributed by atoms with Gasteiger partial charge in [-0.05, 0) is 43.9 Å². The third kappa shape index (κ3) is 7.05. The predicted octanol–water partition coefficient (Wildman–Crippen LogP) is 4.03. The standard InChI is InChI=1S/C8H16O.C7H14O/c1-7(2)6-8-4-3-5-9-8;1-6(2)5-7-3-4-8-7/h7-8H,3-6H2,1-2H3;6-7H,3-5H2,1-2H3. The van der Waals surface area contributed by atoms with Crippen molar-refractivity contribution in [3.05, 3.63) is 0 Å². The molecule has 2 rings (SSSR count). The van der Waals surface area contributed by atoms with E-state index in [1.54, 1.807) is 0 Å². The van der Waals surface area contributed by atoms with Gasteiger partial charge in [0, 0.05) is 13.2 Å². The lowest BCUT2D eigenvalue weighted by Gasteiger charge is -2.27. The van der Waals surface area contributed by atoms with Gasteiger partial charge in [-0.1, -0.05) is 27.7 Å². The summed E-state index contributed by atoms with van der Waals surface area (Å²) in [5.74, 6) is 1.60. The lowest BCUT2D eigenvalue weighted by atomic mass is 10.0. The molecule has 0 spiro atoms. The summed E-state index contributed by atoms with van der Waals surface area (Å²) in [5, 5.41) is 0. The van der Waals surface area contributed by atoms with Gasteiger partial charge in [0.2, 0.25) is 0 Å². The fourth-order valence-corrected chi connectivity index (χ4v) is 2.35. The quantitative estimate of drug-likeness (QED) is 0.741. The van der Waals surface area contributed by atoms with Crippen molar-refractivity contribution in [2.75, 3.05) is 13.2 Å². The molecule has 0 aromatic heterocycles. The van der Waals surface area contributed by atoms with Crippen molar-refractivity contribution in [2.24, 2.45) is 11.8 Å². The largest absolute Gasteiger partial charge is 0.378 e.